The number of aromatic nitrogens is 1. The van der Waals surface area contributed by atoms with Gasteiger partial charge >= 0.3 is 0 Å². The maximum Gasteiger partial charge on any atom is 0.137 e. The quantitative estimate of drug-likeness (QED) is 0.924. The summed E-state index contributed by atoms with van der Waals surface area (Å²) < 4.78 is 6.79. The number of hydrogen-bond acceptors (Lipinski definition) is 3. The van der Waals surface area contributed by atoms with Gasteiger partial charge in [0.1, 0.15) is 12.4 Å². The summed E-state index contributed by atoms with van der Waals surface area (Å²) in [6.07, 6.45) is 2.57. The van der Waals surface area contributed by atoms with Crippen molar-refractivity contribution in [3.8, 4) is 5.75 Å². The Kier molecular flexibility index (Phi) is 4.73. The first-order chi connectivity index (χ1) is 8.81. The number of halogens is 1. The number of para-hydroxylation sites is 1. The lowest BCUT2D eigenvalue weighted by Crippen LogP contribution is -2.06. The molecule has 1 heterocycles. The summed E-state index contributed by atoms with van der Waals surface area (Å²) >= 11 is 3.50. The summed E-state index contributed by atoms with van der Waals surface area (Å²) in [6.45, 7) is 1.07. The Bertz CT molecular complexity index is 502. The topological polar surface area (TPSA) is 48.1 Å². The van der Waals surface area contributed by atoms with Crippen molar-refractivity contribution in [1.82, 2.24) is 4.98 Å². The number of pyridine rings is 1. The molecule has 0 fully saturated rings. The predicted molar refractivity (Wildman–Crippen MR) is 75.5 cm³/mol. The minimum Gasteiger partial charge on any atom is -0.486 e. The van der Waals surface area contributed by atoms with Crippen molar-refractivity contribution < 1.29 is 4.74 Å². The Morgan fingerprint density at radius 3 is 2.78 bits per heavy atom. The number of hydrogen-bond donors (Lipinski definition) is 1. The summed E-state index contributed by atoms with van der Waals surface area (Å²) in [5, 5.41) is 0. The van der Waals surface area contributed by atoms with Gasteiger partial charge < -0.3 is 10.5 Å². The Morgan fingerprint density at radius 1 is 1.17 bits per heavy atom. The predicted octanol–water partition coefficient (Wildman–Crippen LogP) is 2.92. The van der Waals surface area contributed by atoms with Crippen LogP contribution in [0.1, 0.15) is 11.3 Å². The molecule has 0 aliphatic heterocycles. The lowest BCUT2D eigenvalue weighted by Gasteiger charge is -2.12. The van der Waals surface area contributed by atoms with Gasteiger partial charge in [0.05, 0.1) is 10.2 Å². The number of nitrogens with zero attached hydrogens (tertiary/aromatic N) is 1. The molecule has 0 unspecified atom stereocenters. The van der Waals surface area contributed by atoms with Crippen LogP contribution < -0.4 is 10.5 Å². The Labute approximate surface area is 115 Å². The maximum absolute atomic E-state index is 5.84. The van der Waals surface area contributed by atoms with Crippen LogP contribution in [0.25, 0.3) is 0 Å². The highest BCUT2D eigenvalue weighted by Gasteiger charge is 2.07. The Morgan fingerprint density at radius 2 is 2.06 bits per heavy atom. The van der Waals surface area contributed by atoms with Crippen LogP contribution in [0.2, 0.25) is 0 Å². The average Bonchev–Trinajstić information content (AvgIpc) is 2.40. The third-order valence-electron chi connectivity index (χ3n) is 2.55. The molecule has 0 amide bonds. The van der Waals surface area contributed by atoms with E-state index >= 15 is 0 Å². The highest BCUT2D eigenvalue weighted by atomic mass is 79.9. The second-order valence-electron chi connectivity index (χ2n) is 3.88. The fourth-order valence-corrected chi connectivity index (χ4v) is 2.22. The van der Waals surface area contributed by atoms with Crippen LogP contribution in [0.5, 0.6) is 5.75 Å². The van der Waals surface area contributed by atoms with Crippen molar-refractivity contribution in [2.24, 2.45) is 5.73 Å². The molecule has 0 saturated heterocycles. The van der Waals surface area contributed by atoms with E-state index in [1.165, 1.54) is 0 Å². The molecule has 18 heavy (non-hydrogen) atoms. The number of ether oxygens (including phenoxy) is 1. The molecule has 0 atom stereocenters. The fraction of sp³-hybridized carbons (Fsp3) is 0.214. The molecular formula is C14H15BrN2O. The third kappa shape index (κ3) is 3.31. The van der Waals surface area contributed by atoms with Gasteiger partial charge in [0.15, 0.2) is 0 Å². The largest absolute Gasteiger partial charge is 0.486 e. The standard InChI is InChI=1S/C14H15BrN2O/c15-13-6-3-4-11(7-8-16)14(13)18-10-12-5-1-2-9-17-12/h1-6,9H,7-8,10,16H2. The summed E-state index contributed by atoms with van der Waals surface area (Å²) in [5.41, 5.74) is 7.63. The van der Waals surface area contributed by atoms with Crippen molar-refractivity contribution in [3.63, 3.8) is 0 Å². The molecule has 1 aromatic heterocycles. The van der Waals surface area contributed by atoms with Crippen LogP contribution >= 0.6 is 15.9 Å². The molecule has 94 valence electrons. The lowest BCUT2D eigenvalue weighted by atomic mass is 10.1. The minimum atomic E-state index is 0.459. The summed E-state index contributed by atoms with van der Waals surface area (Å²) in [4.78, 5) is 4.23. The van der Waals surface area contributed by atoms with E-state index in [9.17, 15) is 0 Å². The zero-order valence-corrected chi connectivity index (χ0v) is 11.6. The van der Waals surface area contributed by atoms with E-state index in [4.69, 9.17) is 10.5 Å². The molecule has 1 aromatic carbocycles. The first-order valence-electron chi connectivity index (χ1n) is 5.81. The number of benzene rings is 1. The normalized spacial score (nSPS) is 10.3. The van der Waals surface area contributed by atoms with Gasteiger partial charge in [-0.2, -0.15) is 0 Å². The SMILES string of the molecule is NCCc1cccc(Br)c1OCc1ccccn1. The van der Waals surface area contributed by atoms with E-state index < -0.39 is 0 Å². The van der Waals surface area contributed by atoms with E-state index in [-0.39, 0.29) is 0 Å². The highest BCUT2D eigenvalue weighted by Crippen LogP contribution is 2.29. The van der Waals surface area contributed by atoms with Gasteiger partial charge in [0, 0.05) is 6.20 Å². The first-order valence-corrected chi connectivity index (χ1v) is 6.60. The smallest absolute Gasteiger partial charge is 0.137 e. The van der Waals surface area contributed by atoms with Gasteiger partial charge in [-0.25, -0.2) is 0 Å². The second kappa shape index (κ2) is 6.52. The van der Waals surface area contributed by atoms with Gasteiger partial charge in [0.2, 0.25) is 0 Å². The van der Waals surface area contributed by atoms with Gasteiger partial charge in [-0.15, -0.1) is 0 Å². The Hall–Kier alpha value is -1.39. The zero-order chi connectivity index (χ0) is 12.8. The van der Waals surface area contributed by atoms with Gasteiger partial charge in [-0.05, 0) is 52.7 Å². The summed E-state index contributed by atoms with van der Waals surface area (Å²) in [7, 11) is 0. The maximum atomic E-state index is 5.84. The van der Waals surface area contributed by atoms with E-state index in [0.29, 0.717) is 13.2 Å². The molecule has 2 N–H and O–H groups in total. The zero-order valence-electron chi connectivity index (χ0n) is 9.97. The molecular weight excluding hydrogens is 292 g/mol. The molecule has 0 aliphatic carbocycles. The van der Waals surface area contributed by atoms with E-state index in [1.54, 1.807) is 6.20 Å². The molecule has 3 nitrogen and oxygen atoms in total. The molecule has 0 radical (unpaired) electrons. The van der Waals surface area contributed by atoms with Crippen molar-refractivity contribution in [2.75, 3.05) is 6.54 Å². The summed E-state index contributed by atoms with van der Waals surface area (Å²) in [5.74, 6) is 0.855. The first kappa shape index (κ1) is 13.1. The van der Waals surface area contributed by atoms with Gasteiger partial charge in [0.25, 0.3) is 0 Å². The second-order valence-corrected chi connectivity index (χ2v) is 4.73. The molecule has 0 aliphatic rings. The van der Waals surface area contributed by atoms with Crippen LogP contribution in [0, 0.1) is 0 Å². The summed E-state index contributed by atoms with van der Waals surface area (Å²) in [6, 6.07) is 11.8. The molecule has 2 rings (SSSR count). The number of rotatable bonds is 5. The van der Waals surface area contributed by atoms with Crippen molar-refractivity contribution in [1.29, 1.82) is 0 Å². The average molecular weight is 307 g/mol. The highest BCUT2D eigenvalue weighted by molar-refractivity contribution is 9.10. The van der Waals surface area contributed by atoms with E-state index in [1.807, 2.05) is 36.4 Å². The minimum absolute atomic E-state index is 0.459. The number of nitrogens with two attached hydrogens (primary N) is 1. The van der Waals surface area contributed by atoms with Crippen LogP contribution in [0.3, 0.4) is 0 Å². The van der Waals surface area contributed by atoms with Crippen LogP contribution in [-0.2, 0) is 13.0 Å². The molecule has 0 bridgehead atoms. The van der Waals surface area contributed by atoms with Gasteiger partial charge in [-0.1, -0.05) is 18.2 Å². The lowest BCUT2D eigenvalue weighted by molar-refractivity contribution is 0.296. The molecule has 4 heteroatoms. The van der Waals surface area contributed by atoms with Crippen molar-refractivity contribution in [2.45, 2.75) is 13.0 Å². The van der Waals surface area contributed by atoms with E-state index in [2.05, 4.69) is 20.9 Å². The van der Waals surface area contributed by atoms with Crippen LogP contribution in [0.4, 0.5) is 0 Å². The molecule has 0 spiro atoms. The monoisotopic (exact) mass is 306 g/mol. The van der Waals surface area contributed by atoms with Crippen molar-refractivity contribution in [3.05, 3.63) is 58.3 Å². The molecule has 0 saturated carbocycles. The van der Waals surface area contributed by atoms with Gasteiger partial charge in [-0.3, -0.25) is 4.98 Å². The van der Waals surface area contributed by atoms with Crippen molar-refractivity contribution >= 4 is 15.9 Å². The van der Waals surface area contributed by atoms with E-state index in [0.717, 1.165) is 27.9 Å². The third-order valence-corrected chi connectivity index (χ3v) is 3.18. The van der Waals surface area contributed by atoms with Crippen LogP contribution in [0.15, 0.2) is 47.1 Å². The van der Waals surface area contributed by atoms with Crippen LogP contribution in [-0.4, -0.2) is 11.5 Å². The Balaban J connectivity index is 2.13. The molecule has 2 aromatic rings. The fourth-order valence-electron chi connectivity index (χ4n) is 1.70.